The van der Waals surface area contributed by atoms with Crippen molar-refractivity contribution in [2.75, 3.05) is 7.11 Å². The van der Waals surface area contributed by atoms with E-state index in [4.69, 9.17) is 5.11 Å². The summed E-state index contributed by atoms with van der Waals surface area (Å²) in [7, 11) is 1.32. The Morgan fingerprint density at radius 2 is 0.681 bits per heavy atom. The van der Waals surface area contributed by atoms with Crippen molar-refractivity contribution in [3.05, 3.63) is 143 Å². The number of fused-ring (bicyclic) bond motifs is 4. The van der Waals surface area contributed by atoms with Crippen molar-refractivity contribution >= 4 is 98.1 Å². The number of hydrogen-bond donors (Lipinski definition) is 1. The van der Waals surface area contributed by atoms with Gasteiger partial charge in [-0.1, -0.05) is 84.9 Å². The number of alkyl halides is 12. The van der Waals surface area contributed by atoms with E-state index in [-0.39, 0.29) is 29.6 Å². The van der Waals surface area contributed by atoms with Crippen molar-refractivity contribution in [2.24, 2.45) is 0 Å². The molecule has 0 heterocycles. The first kappa shape index (κ1) is 47.0. The minimum atomic E-state index is -4.96. The van der Waals surface area contributed by atoms with Gasteiger partial charge in [-0.25, -0.2) is 0 Å². The number of carbonyl (C=O) groups is 2. The van der Waals surface area contributed by atoms with E-state index in [0.717, 1.165) is 56.9 Å². The molecule has 1 N–H and O–H groups in total. The van der Waals surface area contributed by atoms with Gasteiger partial charge in [-0.2, -0.15) is 52.7 Å². The third kappa shape index (κ3) is 8.16. The van der Waals surface area contributed by atoms with E-state index in [1.807, 2.05) is 18.2 Å². The molecule has 0 unspecified atom stereocenters. The molecule has 0 aromatic heterocycles. The van der Waals surface area contributed by atoms with Gasteiger partial charge in [0.05, 0.1) is 29.4 Å². The molecule has 0 amide bonds. The lowest BCUT2D eigenvalue weighted by Crippen LogP contribution is -2.12. The fourth-order valence-electron chi connectivity index (χ4n) is 10.1. The maximum Gasteiger partial charge on any atom is 0.417 e. The van der Waals surface area contributed by atoms with E-state index in [0.29, 0.717) is 68.8 Å². The number of hydrogen-bond acceptors (Lipinski definition) is 3. The summed E-state index contributed by atoms with van der Waals surface area (Å²) in [6.07, 6.45) is -17.6. The molecule has 0 fully saturated rings. The van der Waals surface area contributed by atoms with E-state index in [2.05, 4.69) is 4.74 Å². The number of benzene rings is 10. The Bertz CT molecular complexity index is 3520. The maximum atomic E-state index is 13.8. The Morgan fingerprint density at radius 3 is 1.00 bits per heavy atom. The predicted molar refractivity (Wildman–Crippen MR) is 241 cm³/mol. The van der Waals surface area contributed by atoms with Crippen LogP contribution in [0.25, 0.3) is 86.2 Å². The zero-order valence-corrected chi connectivity index (χ0v) is 35.8. The van der Waals surface area contributed by atoms with E-state index in [1.165, 1.54) is 31.4 Å². The Labute approximate surface area is 382 Å². The van der Waals surface area contributed by atoms with Crippen LogP contribution in [0.15, 0.2) is 109 Å². The first-order valence-corrected chi connectivity index (χ1v) is 21.4. The van der Waals surface area contributed by atoms with Gasteiger partial charge in [0, 0.05) is 23.6 Å². The van der Waals surface area contributed by atoms with Crippen LogP contribution in [0.1, 0.15) is 59.1 Å². The highest BCUT2D eigenvalue weighted by atomic mass is 19.4. The summed E-state index contributed by atoms with van der Waals surface area (Å²) in [5.41, 5.74) is -3.43. The minimum Gasteiger partial charge on any atom is -0.481 e. The van der Waals surface area contributed by atoms with Gasteiger partial charge in [0.15, 0.2) is 0 Å². The van der Waals surface area contributed by atoms with Crippen molar-refractivity contribution in [1.82, 2.24) is 0 Å². The van der Waals surface area contributed by atoms with E-state index in [1.54, 1.807) is 42.5 Å². The highest BCUT2D eigenvalue weighted by Gasteiger charge is 2.42. The van der Waals surface area contributed by atoms with Crippen LogP contribution < -0.4 is 0 Å². The smallest absolute Gasteiger partial charge is 0.417 e. The van der Waals surface area contributed by atoms with Crippen molar-refractivity contribution < 1.29 is 72.1 Å². The summed E-state index contributed by atoms with van der Waals surface area (Å²) < 4.78 is 171. The number of esters is 1. The molecule has 0 aliphatic rings. The van der Waals surface area contributed by atoms with Gasteiger partial charge in [0.1, 0.15) is 0 Å². The predicted octanol–water partition coefficient (Wildman–Crippen LogP) is 16.5. The molecule has 0 radical (unpaired) electrons. The number of aryl methyl sites for hydroxylation is 2. The molecule has 0 bridgehead atoms. The van der Waals surface area contributed by atoms with Gasteiger partial charge in [-0.3, -0.25) is 9.59 Å². The average Bonchev–Trinajstić information content (AvgIpc) is 3.28. The van der Waals surface area contributed by atoms with Gasteiger partial charge in [0.25, 0.3) is 0 Å². The number of carbonyl (C=O) groups excluding carboxylic acids is 1. The zero-order valence-electron chi connectivity index (χ0n) is 35.8. The number of methoxy groups -OCH3 is 1. The molecule has 69 heavy (non-hydrogen) atoms. The van der Waals surface area contributed by atoms with Crippen LogP contribution in [0.3, 0.4) is 0 Å². The van der Waals surface area contributed by atoms with Gasteiger partial charge in [-0.15, -0.1) is 0 Å². The highest BCUT2D eigenvalue weighted by Crippen LogP contribution is 2.51. The Kier molecular flexibility index (Phi) is 11.5. The molecule has 354 valence electrons. The number of halogens is 12. The van der Waals surface area contributed by atoms with Gasteiger partial charge >= 0.3 is 36.6 Å². The van der Waals surface area contributed by atoms with Crippen LogP contribution in [0.2, 0.25) is 0 Å². The topological polar surface area (TPSA) is 63.6 Å². The Balaban J connectivity index is 0.000000172. The summed E-state index contributed by atoms with van der Waals surface area (Å²) in [6.45, 7) is 0. The van der Waals surface area contributed by atoms with Crippen molar-refractivity contribution in [2.45, 2.75) is 63.2 Å². The molecule has 0 atom stereocenters. The fourth-order valence-corrected chi connectivity index (χ4v) is 10.1. The number of aliphatic carboxylic acids is 1. The zero-order chi connectivity index (χ0) is 49.5. The van der Waals surface area contributed by atoms with Gasteiger partial charge in [-0.05, 0) is 136 Å². The van der Waals surface area contributed by atoms with Crippen LogP contribution in [0, 0.1) is 0 Å². The minimum absolute atomic E-state index is 0.00842. The summed E-state index contributed by atoms with van der Waals surface area (Å²) in [5, 5.41) is 13.9. The SMILES string of the molecule is COC(=O)CCCc1ccc2c3ccc(C(F)(F)F)c4c(C(F)(F)F)ccc(c5cccc1c52)c43.O=C(O)CCCc1ccc2c3ccc(C(F)(F)F)c4c(C(F)(F)F)ccc(c5cccc1c52)c43. The van der Waals surface area contributed by atoms with E-state index >= 15 is 0 Å². The molecule has 0 saturated carbocycles. The molecule has 4 nitrogen and oxygen atoms in total. The van der Waals surface area contributed by atoms with Gasteiger partial charge < -0.3 is 9.84 Å². The molecule has 0 saturated heterocycles. The van der Waals surface area contributed by atoms with Crippen LogP contribution >= 0.6 is 0 Å². The maximum absolute atomic E-state index is 13.8. The first-order valence-electron chi connectivity index (χ1n) is 21.4. The summed E-state index contributed by atoms with van der Waals surface area (Å²) in [6, 6.07) is 25.5. The largest absolute Gasteiger partial charge is 0.481 e. The van der Waals surface area contributed by atoms with Crippen LogP contribution in [0.5, 0.6) is 0 Å². The summed E-state index contributed by atoms with van der Waals surface area (Å²) in [4.78, 5) is 22.4. The number of ether oxygens (including phenoxy) is 1. The van der Waals surface area contributed by atoms with Gasteiger partial charge in [0.2, 0.25) is 0 Å². The monoisotopic (exact) mass is 962 g/mol. The summed E-state index contributed by atoms with van der Waals surface area (Å²) in [5.74, 6) is -1.24. The lowest BCUT2D eigenvalue weighted by atomic mass is 9.85. The molecule has 0 aliphatic carbocycles. The highest BCUT2D eigenvalue weighted by molar-refractivity contribution is 6.35. The molecule has 16 heteroatoms. The second-order valence-corrected chi connectivity index (χ2v) is 16.8. The van der Waals surface area contributed by atoms with Crippen molar-refractivity contribution in [1.29, 1.82) is 0 Å². The third-order valence-corrected chi connectivity index (χ3v) is 12.9. The Morgan fingerprint density at radius 1 is 0.391 bits per heavy atom. The number of carboxylic acids is 1. The lowest BCUT2D eigenvalue weighted by Gasteiger charge is -2.21. The molecule has 0 aliphatic heterocycles. The second kappa shape index (κ2) is 16.8. The molecule has 10 aromatic carbocycles. The van der Waals surface area contributed by atoms with Crippen molar-refractivity contribution in [3.8, 4) is 0 Å². The molecule has 10 rings (SSSR count). The standard InChI is InChI=1S/C27H18F6O2.C26H16F6O2/c1-35-22(34)7-2-4-14-8-9-17-19-11-13-21(27(31,32)33)25-20(26(28,29)30)12-10-18(24(19)25)16-6-3-5-15(14)23(16)17;27-25(28,29)19-11-9-17-15-5-2-4-14-13(3-1-6-21(33)34)7-8-16(22(14)15)18-10-12-20(26(30,31)32)24(19)23(17)18/h3,5-6,8-13H,2,4,7H2,1H3;2,4-5,7-12H,1,3,6H2,(H,33,34). The first-order chi connectivity index (χ1) is 32.5. The molecule has 10 aromatic rings. The second-order valence-electron chi connectivity index (χ2n) is 16.8. The fraction of sp³-hybridized carbons (Fsp3) is 0.208. The third-order valence-electron chi connectivity index (χ3n) is 12.9. The lowest BCUT2D eigenvalue weighted by molar-refractivity contribution is -0.141. The van der Waals surface area contributed by atoms with E-state index < -0.39 is 63.7 Å². The van der Waals surface area contributed by atoms with Crippen LogP contribution in [0.4, 0.5) is 52.7 Å². The number of carboxylic acid groups (broad SMARTS) is 1. The quantitative estimate of drug-likeness (QED) is 0.0713. The molecular weight excluding hydrogens is 929 g/mol. The average molecular weight is 963 g/mol. The summed E-state index contributed by atoms with van der Waals surface area (Å²) >= 11 is 0. The molecule has 0 spiro atoms. The molecular formula is C53H34F12O4. The number of rotatable bonds is 8. The Hall–Kier alpha value is -7.10. The van der Waals surface area contributed by atoms with Crippen LogP contribution in [-0.4, -0.2) is 24.2 Å². The van der Waals surface area contributed by atoms with Crippen LogP contribution in [-0.2, 0) is 51.9 Å². The van der Waals surface area contributed by atoms with Crippen molar-refractivity contribution in [3.63, 3.8) is 0 Å². The van der Waals surface area contributed by atoms with E-state index in [9.17, 15) is 62.3 Å². The normalized spacial score (nSPS) is 12.9.